The van der Waals surface area contributed by atoms with Gasteiger partial charge in [-0.15, -0.1) is 0 Å². The summed E-state index contributed by atoms with van der Waals surface area (Å²) in [6, 6.07) is 26.9. The van der Waals surface area contributed by atoms with Crippen molar-refractivity contribution in [2.24, 2.45) is 0 Å². The second kappa shape index (κ2) is 9.17. The minimum Gasteiger partial charge on any atom is -0.489 e. The number of pyridine rings is 1. The Kier molecular flexibility index (Phi) is 5.77. The fourth-order valence-corrected chi connectivity index (χ4v) is 4.08. The van der Waals surface area contributed by atoms with Crippen molar-refractivity contribution in [1.29, 1.82) is 0 Å². The molecular formula is C28H24N2O3. The molecule has 1 atom stereocenters. The number of nitrogens with one attached hydrogen (secondary N) is 1. The van der Waals surface area contributed by atoms with E-state index in [0.717, 1.165) is 39.5 Å². The van der Waals surface area contributed by atoms with E-state index in [1.54, 1.807) is 12.4 Å². The number of amides is 1. The van der Waals surface area contributed by atoms with Gasteiger partial charge in [0, 0.05) is 29.1 Å². The Balaban J connectivity index is 1.29. The van der Waals surface area contributed by atoms with Crippen molar-refractivity contribution in [2.75, 3.05) is 0 Å². The molecule has 0 bridgehead atoms. The molecule has 0 spiro atoms. The first kappa shape index (κ1) is 20.8. The largest absolute Gasteiger partial charge is 0.489 e. The van der Waals surface area contributed by atoms with E-state index in [1.165, 1.54) is 0 Å². The van der Waals surface area contributed by atoms with Crippen LogP contribution in [0.3, 0.4) is 0 Å². The van der Waals surface area contributed by atoms with Gasteiger partial charge in [-0.2, -0.15) is 0 Å². The number of carbonyl (C=O) groups excluding carboxylic acids is 1. The van der Waals surface area contributed by atoms with Crippen molar-refractivity contribution >= 4 is 5.91 Å². The van der Waals surface area contributed by atoms with Gasteiger partial charge in [0.2, 0.25) is 5.91 Å². The third-order valence-electron chi connectivity index (χ3n) is 5.81. The van der Waals surface area contributed by atoms with E-state index in [-0.39, 0.29) is 11.9 Å². The van der Waals surface area contributed by atoms with Gasteiger partial charge in [0.05, 0.1) is 12.0 Å². The van der Waals surface area contributed by atoms with E-state index < -0.39 is 5.92 Å². The lowest BCUT2D eigenvalue weighted by atomic mass is 9.87. The predicted molar refractivity (Wildman–Crippen MR) is 126 cm³/mol. The Morgan fingerprint density at radius 2 is 1.61 bits per heavy atom. The van der Waals surface area contributed by atoms with Crippen LogP contribution in [0.2, 0.25) is 0 Å². The lowest BCUT2D eigenvalue weighted by Gasteiger charge is -2.28. The molecule has 0 radical (unpaired) electrons. The van der Waals surface area contributed by atoms with Crippen LogP contribution in [0.25, 0.3) is 0 Å². The van der Waals surface area contributed by atoms with Crippen LogP contribution in [0.4, 0.5) is 0 Å². The first-order chi connectivity index (χ1) is 16.2. The van der Waals surface area contributed by atoms with Crippen molar-refractivity contribution < 1.29 is 14.3 Å². The fourth-order valence-electron chi connectivity index (χ4n) is 4.08. The van der Waals surface area contributed by atoms with Crippen LogP contribution in [0, 0.1) is 0 Å². The summed E-state index contributed by atoms with van der Waals surface area (Å²) in [6.45, 7) is 2.45. The summed E-state index contributed by atoms with van der Waals surface area (Å²) in [6.07, 6.45) is 3.53. The highest BCUT2D eigenvalue weighted by Crippen LogP contribution is 2.44. The van der Waals surface area contributed by atoms with Crippen LogP contribution in [-0.2, 0) is 11.4 Å². The molecular weight excluding hydrogens is 412 g/mol. The summed E-state index contributed by atoms with van der Waals surface area (Å²) >= 11 is 0. The Morgan fingerprint density at radius 1 is 0.939 bits per heavy atom. The van der Waals surface area contributed by atoms with Crippen molar-refractivity contribution in [3.63, 3.8) is 0 Å². The summed E-state index contributed by atoms with van der Waals surface area (Å²) in [5, 5.41) is 3.18. The fraction of sp³-hybridized carbons (Fsp3) is 0.143. The molecule has 0 saturated carbocycles. The third kappa shape index (κ3) is 4.44. The molecule has 5 rings (SSSR count). The molecule has 4 aromatic rings. The maximum atomic E-state index is 13.4. The molecule has 3 aromatic carbocycles. The summed E-state index contributed by atoms with van der Waals surface area (Å²) < 4.78 is 11.9. The number of hydrogen-bond donors (Lipinski definition) is 1. The van der Waals surface area contributed by atoms with Crippen molar-refractivity contribution in [3.05, 3.63) is 120 Å². The molecule has 1 N–H and O–H groups in total. The molecule has 0 saturated heterocycles. The molecule has 0 aliphatic carbocycles. The van der Waals surface area contributed by atoms with E-state index >= 15 is 0 Å². The lowest BCUT2D eigenvalue weighted by molar-refractivity contribution is -0.122. The molecule has 1 aliphatic rings. The Morgan fingerprint density at radius 3 is 2.24 bits per heavy atom. The van der Waals surface area contributed by atoms with E-state index in [2.05, 4.69) is 10.3 Å². The molecule has 5 nitrogen and oxygen atoms in total. The van der Waals surface area contributed by atoms with Crippen LogP contribution >= 0.6 is 0 Å². The molecule has 2 heterocycles. The van der Waals surface area contributed by atoms with Crippen LogP contribution in [0.5, 0.6) is 17.2 Å². The maximum Gasteiger partial charge on any atom is 0.232 e. The number of fused-ring (bicyclic) bond motifs is 2. The van der Waals surface area contributed by atoms with Crippen molar-refractivity contribution in [3.8, 4) is 17.2 Å². The van der Waals surface area contributed by atoms with Crippen LogP contribution in [0.15, 0.2) is 97.3 Å². The standard InChI is InChI=1S/C28H24N2O3/c1-19(21-12-14-22(15-13-21)32-18-20-7-6-16-29-17-20)30-28(31)27-23-8-2-4-10-25(23)33-26-11-5-3-9-24(26)27/h2-17,19,27H,18H2,1H3,(H,30,31). The molecule has 164 valence electrons. The summed E-state index contributed by atoms with van der Waals surface area (Å²) in [7, 11) is 0. The molecule has 33 heavy (non-hydrogen) atoms. The third-order valence-corrected chi connectivity index (χ3v) is 5.81. The van der Waals surface area contributed by atoms with Gasteiger partial charge < -0.3 is 14.8 Å². The number of ether oxygens (including phenoxy) is 2. The number of nitrogens with zero attached hydrogens (tertiary/aromatic N) is 1. The summed E-state index contributed by atoms with van der Waals surface area (Å²) in [5.74, 6) is 1.74. The number of hydrogen-bond acceptors (Lipinski definition) is 4. The second-order valence-corrected chi connectivity index (χ2v) is 8.06. The van der Waals surface area contributed by atoms with Crippen LogP contribution in [0.1, 0.15) is 41.1 Å². The zero-order valence-corrected chi connectivity index (χ0v) is 18.3. The number of aromatic nitrogens is 1. The molecule has 5 heteroatoms. The number of rotatable bonds is 6. The molecule has 1 aromatic heterocycles. The minimum absolute atomic E-state index is 0.0531. The first-order valence-corrected chi connectivity index (χ1v) is 11.0. The van der Waals surface area contributed by atoms with Gasteiger partial charge in [-0.3, -0.25) is 9.78 Å². The van der Waals surface area contributed by atoms with Crippen LogP contribution in [-0.4, -0.2) is 10.9 Å². The van der Waals surface area contributed by atoms with Gasteiger partial charge in [0.1, 0.15) is 23.9 Å². The summed E-state index contributed by atoms with van der Waals surface area (Å²) in [4.78, 5) is 17.5. The topological polar surface area (TPSA) is 60.5 Å². The SMILES string of the molecule is CC(NC(=O)C1c2ccccc2Oc2ccccc21)c1ccc(OCc2cccnc2)cc1. The Labute approximate surface area is 193 Å². The van der Waals surface area contributed by atoms with Gasteiger partial charge in [0.15, 0.2) is 0 Å². The molecule has 1 unspecified atom stereocenters. The van der Waals surface area contributed by atoms with E-state index in [1.807, 2.05) is 91.9 Å². The highest BCUT2D eigenvalue weighted by Gasteiger charge is 2.32. The Bertz CT molecular complexity index is 1210. The zero-order chi connectivity index (χ0) is 22.6. The van der Waals surface area contributed by atoms with Gasteiger partial charge in [-0.1, -0.05) is 54.6 Å². The highest BCUT2D eigenvalue weighted by atomic mass is 16.5. The average molecular weight is 437 g/mol. The van der Waals surface area contributed by atoms with Gasteiger partial charge in [-0.25, -0.2) is 0 Å². The molecule has 1 aliphatic heterocycles. The number of para-hydroxylation sites is 2. The van der Waals surface area contributed by atoms with E-state index in [4.69, 9.17) is 9.47 Å². The molecule has 0 fully saturated rings. The average Bonchev–Trinajstić information content (AvgIpc) is 2.86. The van der Waals surface area contributed by atoms with E-state index in [9.17, 15) is 4.79 Å². The van der Waals surface area contributed by atoms with Gasteiger partial charge in [-0.05, 0) is 42.8 Å². The summed E-state index contributed by atoms with van der Waals surface area (Å²) in [5.41, 5.74) is 3.77. The number of benzene rings is 3. The highest BCUT2D eigenvalue weighted by molar-refractivity contribution is 5.90. The second-order valence-electron chi connectivity index (χ2n) is 8.06. The smallest absolute Gasteiger partial charge is 0.232 e. The monoisotopic (exact) mass is 436 g/mol. The maximum absolute atomic E-state index is 13.4. The minimum atomic E-state index is -0.421. The zero-order valence-electron chi connectivity index (χ0n) is 18.3. The number of carbonyl (C=O) groups is 1. The first-order valence-electron chi connectivity index (χ1n) is 11.0. The van der Waals surface area contributed by atoms with Crippen molar-refractivity contribution in [1.82, 2.24) is 10.3 Å². The predicted octanol–water partition coefficient (Wildman–Crippen LogP) is 5.78. The quantitative estimate of drug-likeness (QED) is 0.416. The normalized spacial score (nSPS) is 13.2. The molecule has 1 amide bonds. The van der Waals surface area contributed by atoms with Gasteiger partial charge in [0.25, 0.3) is 0 Å². The van der Waals surface area contributed by atoms with Gasteiger partial charge >= 0.3 is 0 Å². The lowest BCUT2D eigenvalue weighted by Crippen LogP contribution is -2.33. The van der Waals surface area contributed by atoms with Crippen LogP contribution < -0.4 is 14.8 Å². The Hall–Kier alpha value is -4.12. The van der Waals surface area contributed by atoms with E-state index in [0.29, 0.717) is 6.61 Å². The van der Waals surface area contributed by atoms with Crippen molar-refractivity contribution in [2.45, 2.75) is 25.5 Å².